The molecule has 0 saturated carbocycles. The van der Waals surface area contributed by atoms with Gasteiger partial charge in [0.05, 0.1) is 22.7 Å². The van der Waals surface area contributed by atoms with Crippen molar-refractivity contribution in [3.63, 3.8) is 0 Å². The van der Waals surface area contributed by atoms with Gasteiger partial charge in [-0.3, -0.25) is 0 Å². The Balaban J connectivity index is 1.93. The molecule has 0 spiro atoms. The fourth-order valence-corrected chi connectivity index (χ4v) is 7.08. The minimum absolute atomic E-state index is 0.00191. The Morgan fingerprint density at radius 1 is 1.03 bits per heavy atom. The molecule has 1 aromatic heterocycles. The van der Waals surface area contributed by atoms with Gasteiger partial charge in [0.25, 0.3) is 0 Å². The Hall–Kier alpha value is -2.98. The Morgan fingerprint density at radius 3 is 2.39 bits per heavy atom. The van der Waals surface area contributed by atoms with Crippen molar-refractivity contribution >= 4 is 32.6 Å². The monoisotopic (exact) mass is 483 g/mol. The van der Waals surface area contributed by atoms with E-state index in [2.05, 4.69) is 93.9 Å². The van der Waals surface area contributed by atoms with Crippen molar-refractivity contribution < 1.29 is 14.0 Å². The van der Waals surface area contributed by atoms with E-state index in [1.54, 1.807) is 7.11 Å². The highest BCUT2D eigenvalue weighted by Gasteiger charge is 2.63. The molecule has 4 unspecified atom stereocenters. The number of allylic oxidation sites excluding steroid dienone is 1. The Labute approximate surface area is 214 Å². The van der Waals surface area contributed by atoms with Gasteiger partial charge in [-0.1, -0.05) is 56.3 Å². The molecule has 0 amide bonds. The molecule has 0 radical (unpaired) electrons. The van der Waals surface area contributed by atoms with Crippen LogP contribution < -0.4 is 4.57 Å². The third kappa shape index (κ3) is 3.23. The second kappa shape index (κ2) is 8.85. The predicted octanol–water partition coefficient (Wildman–Crippen LogP) is 7.27. The molecule has 4 atom stereocenters. The molecule has 3 aromatic carbocycles. The van der Waals surface area contributed by atoms with Gasteiger partial charge in [-0.2, -0.15) is 4.57 Å². The van der Waals surface area contributed by atoms with Crippen LogP contribution in [-0.2, 0) is 20.4 Å². The minimum Gasteiger partial charge on any atom is -0.488 e. The van der Waals surface area contributed by atoms with Gasteiger partial charge >= 0.3 is 0 Å². The number of hydrogen-bond acceptors (Lipinski definition) is 3. The summed E-state index contributed by atoms with van der Waals surface area (Å²) in [6.07, 6.45) is 6.16. The van der Waals surface area contributed by atoms with Crippen LogP contribution in [0, 0.1) is 6.92 Å². The smallest absolute Gasteiger partial charge is 0.240 e. The molecule has 0 aliphatic carbocycles. The lowest BCUT2D eigenvalue weighted by Gasteiger charge is -2.49. The largest absolute Gasteiger partial charge is 0.488 e. The van der Waals surface area contributed by atoms with Gasteiger partial charge in [0.15, 0.2) is 12.3 Å². The van der Waals surface area contributed by atoms with Crippen molar-refractivity contribution in [1.82, 2.24) is 4.98 Å². The van der Waals surface area contributed by atoms with E-state index in [-0.39, 0.29) is 23.2 Å². The quantitative estimate of drug-likeness (QED) is 0.158. The first kappa shape index (κ1) is 24.7. The highest BCUT2D eigenvalue weighted by molar-refractivity contribution is 6.23. The Kier molecular flexibility index (Phi) is 6.07. The van der Waals surface area contributed by atoms with Crippen LogP contribution in [0.5, 0.6) is 0 Å². The summed E-state index contributed by atoms with van der Waals surface area (Å²) in [5.41, 5.74) is 4.24. The summed E-state index contributed by atoms with van der Waals surface area (Å²) in [6, 6.07) is 15.6. The summed E-state index contributed by atoms with van der Waals surface area (Å²) in [5, 5.41) is 5.11. The predicted molar refractivity (Wildman–Crippen MR) is 148 cm³/mol. The van der Waals surface area contributed by atoms with E-state index >= 15 is 0 Å². The first-order valence-corrected chi connectivity index (χ1v) is 13.3. The number of hydrogen-bond donors (Lipinski definition) is 0. The zero-order valence-electron chi connectivity index (χ0n) is 23.0. The van der Waals surface area contributed by atoms with E-state index in [1.165, 1.54) is 32.6 Å². The third-order valence-corrected chi connectivity index (χ3v) is 8.95. The maximum absolute atomic E-state index is 6.76. The minimum atomic E-state index is -0.317. The lowest BCUT2D eigenvalue weighted by molar-refractivity contribution is -0.763. The summed E-state index contributed by atoms with van der Waals surface area (Å²) < 4.78 is 14.8. The van der Waals surface area contributed by atoms with Crippen molar-refractivity contribution in [3.05, 3.63) is 71.8 Å². The molecule has 0 bridgehead atoms. The number of aryl methyl sites for hydroxylation is 1. The van der Waals surface area contributed by atoms with Crippen molar-refractivity contribution in [3.8, 4) is 0 Å². The van der Waals surface area contributed by atoms with Crippen molar-refractivity contribution in [2.24, 2.45) is 0 Å². The average molecular weight is 484 g/mol. The molecule has 36 heavy (non-hydrogen) atoms. The van der Waals surface area contributed by atoms with Gasteiger partial charge in [-0.15, -0.1) is 0 Å². The molecule has 4 aromatic rings. The van der Waals surface area contributed by atoms with E-state index in [0.29, 0.717) is 0 Å². The van der Waals surface area contributed by atoms with Gasteiger partial charge in [-0.25, -0.2) is 4.98 Å². The van der Waals surface area contributed by atoms with Crippen LogP contribution in [-0.4, -0.2) is 24.3 Å². The molecule has 0 saturated heterocycles. The van der Waals surface area contributed by atoms with Crippen LogP contribution in [0.25, 0.3) is 32.6 Å². The fourth-order valence-electron chi connectivity index (χ4n) is 7.08. The highest BCUT2D eigenvalue weighted by atomic mass is 16.5. The topological polar surface area (TPSA) is 35.2 Å². The summed E-state index contributed by atoms with van der Waals surface area (Å²) in [4.78, 5) is 5.14. The van der Waals surface area contributed by atoms with E-state index in [4.69, 9.17) is 14.5 Å². The summed E-state index contributed by atoms with van der Waals surface area (Å²) in [5.74, 6) is 0.897. The second-order valence-corrected chi connectivity index (χ2v) is 10.7. The van der Waals surface area contributed by atoms with Crippen LogP contribution in [0.2, 0.25) is 0 Å². The van der Waals surface area contributed by atoms with E-state index in [1.807, 2.05) is 13.8 Å². The highest BCUT2D eigenvalue weighted by Crippen LogP contribution is 2.53. The first-order valence-electron chi connectivity index (χ1n) is 13.3. The van der Waals surface area contributed by atoms with Crippen LogP contribution in [0.4, 0.5) is 0 Å². The summed E-state index contributed by atoms with van der Waals surface area (Å²) in [7, 11) is 1.73. The standard InChI is InChI=1S/C32H39N2O2/c1-9-31(7)27-17-13-16-25-24-14-11-12-15-26(24)29-30(28(25)27)34(19-20(3)33-29)32(31,10-2)23(6)36-22(5)18-21(4)35-8/h11-19,21,23H,9-10H2,1-8H3/q+1. The third-order valence-electron chi connectivity index (χ3n) is 8.95. The first-order chi connectivity index (χ1) is 17.2. The normalized spacial score (nSPS) is 23.5. The van der Waals surface area contributed by atoms with E-state index < -0.39 is 0 Å². The molecular weight excluding hydrogens is 444 g/mol. The van der Waals surface area contributed by atoms with Gasteiger partial charge < -0.3 is 9.47 Å². The number of aromatic nitrogens is 2. The van der Waals surface area contributed by atoms with Crippen molar-refractivity contribution in [1.29, 1.82) is 0 Å². The van der Waals surface area contributed by atoms with Crippen molar-refractivity contribution in [2.45, 2.75) is 84.5 Å². The molecule has 4 nitrogen and oxygen atoms in total. The lowest BCUT2D eigenvalue weighted by atomic mass is 9.58. The van der Waals surface area contributed by atoms with Crippen LogP contribution in [0.15, 0.2) is 60.5 Å². The fraction of sp³-hybridized carbons (Fsp3) is 0.438. The van der Waals surface area contributed by atoms with E-state index in [9.17, 15) is 0 Å². The zero-order valence-corrected chi connectivity index (χ0v) is 23.0. The molecule has 1 aliphatic heterocycles. The number of fused-ring (bicyclic) bond motifs is 3. The molecule has 5 rings (SSSR count). The van der Waals surface area contributed by atoms with Gasteiger partial charge in [0.1, 0.15) is 11.2 Å². The summed E-state index contributed by atoms with van der Waals surface area (Å²) >= 11 is 0. The number of benzene rings is 3. The Morgan fingerprint density at radius 2 is 1.72 bits per heavy atom. The van der Waals surface area contributed by atoms with Crippen LogP contribution >= 0.6 is 0 Å². The number of rotatable bonds is 7. The van der Waals surface area contributed by atoms with E-state index in [0.717, 1.165) is 29.8 Å². The molecule has 188 valence electrons. The van der Waals surface area contributed by atoms with Crippen LogP contribution in [0.3, 0.4) is 0 Å². The number of methoxy groups -OCH3 is 1. The van der Waals surface area contributed by atoms with Crippen molar-refractivity contribution in [2.75, 3.05) is 7.11 Å². The molecule has 0 N–H and O–H groups in total. The number of ether oxygens (including phenoxy) is 2. The van der Waals surface area contributed by atoms with Gasteiger partial charge in [0.2, 0.25) is 11.1 Å². The average Bonchev–Trinajstić information content (AvgIpc) is 2.88. The molecule has 1 aliphatic rings. The van der Waals surface area contributed by atoms with Crippen LogP contribution in [0.1, 0.15) is 65.6 Å². The maximum Gasteiger partial charge on any atom is 0.240 e. The number of nitrogens with zero attached hydrogens (tertiary/aromatic N) is 2. The Bertz CT molecular complexity index is 1510. The zero-order chi connectivity index (χ0) is 25.8. The molecular formula is C32H39N2O2+. The molecule has 2 heterocycles. The molecule has 0 fully saturated rings. The maximum atomic E-state index is 6.76. The second-order valence-electron chi connectivity index (χ2n) is 10.7. The van der Waals surface area contributed by atoms with Gasteiger partial charge in [0, 0.05) is 18.9 Å². The SMILES string of the molecule is CCC1(C)c2cccc3c4ccccc4c4nc(C)c[n+](c4c23)C1(CC)C(C)OC(C)=CC(C)OC. The lowest BCUT2D eigenvalue weighted by Crippen LogP contribution is -2.73. The van der Waals surface area contributed by atoms with Gasteiger partial charge in [-0.05, 0) is 63.5 Å². The molecule has 4 heteroatoms. The summed E-state index contributed by atoms with van der Waals surface area (Å²) in [6.45, 7) is 15.5.